The van der Waals surface area contributed by atoms with Crippen LogP contribution in [-0.4, -0.2) is 45.2 Å². The van der Waals surface area contributed by atoms with Crippen LogP contribution in [0.25, 0.3) is 0 Å². The van der Waals surface area contributed by atoms with Gasteiger partial charge in [0.15, 0.2) is 5.82 Å². The molecule has 2 N–H and O–H groups in total. The Labute approximate surface area is 135 Å². The van der Waals surface area contributed by atoms with Gasteiger partial charge in [-0.2, -0.15) is 4.98 Å². The summed E-state index contributed by atoms with van der Waals surface area (Å²) in [5, 5.41) is 15.9. The molecule has 1 aliphatic rings. The van der Waals surface area contributed by atoms with E-state index < -0.39 is 17.4 Å². The minimum absolute atomic E-state index is 0.192. The van der Waals surface area contributed by atoms with Gasteiger partial charge in [0, 0.05) is 18.5 Å². The topological polar surface area (TPSA) is 109 Å². The number of aromatic nitrogens is 2. The molecule has 0 radical (unpaired) electrons. The van der Waals surface area contributed by atoms with Crippen molar-refractivity contribution < 1.29 is 19.2 Å². The van der Waals surface area contributed by atoms with Crippen LogP contribution < -0.4 is 5.32 Å². The van der Waals surface area contributed by atoms with Gasteiger partial charge in [0.05, 0.1) is 5.41 Å². The summed E-state index contributed by atoms with van der Waals surface area (Å²) in [6.07, 6.45) is 0.443. The smallest absolute Gasteiger partial charge is 0.318 e. The molecule has 23 heavy (non-hydrogen) atoms. The molecule has 2 unspecified atom stereocenters. The van der Waals surface area contributed by atoms with Gasteiger partial charge in [0.2, 0.25) is 5.89 Å². The molecule has 1 fully saturated rings. The van der Waals surface area contributed by atoms with Gasteiger partial charge in [-0.3, -0.25) is 4.79 Å². The number of amides is 2. The highest BCUT2D eigenvalue weighted by atomic mass is 16.5. The zero-order valence-electron chi connectivity index (χ0n) is 14.2. The Morgan fingerprint density at radius 1 is 1.43 bits per heavy atom. The maximum Gasteiger partial charge on any atom is 0.318 e. The van der Waals surface area contributed by atoms with Crippen LogP contribution in [0.2, 0.25) is 0 Å². The van der Waals surface area contributed by atoms with E-state index in [2.05, 4.69) is 15.5 Å². The van der Waals surface area contributed by atoms with Crippen molar-refractivity contribution in [1.82, 2.24) is 20.4 Å². The van der Waals surface area contributed by atoms with Gasteiger partial charge in [0.1, 0.15) is 6.04 Å². The van der Waals surface area contributed by atoms with Crippen LogP contribution in [0, 0.1) is 5.41 Å². The Morgan fingerprint density at radius 3 is 2.57 bits per heavy atom. The number of nitrogens with zero attached hydrogens (tertiary/aromatic N) is 3. The highest BCUT2D eigenvalue weighted by Gasteiger charge is 2.42. The molecule has 1 aliphatic heterocycles. The largest absolute Gasteiger partial charge is 0.481 e. The minimum atomic E-state index is -0.884. The molecule has 2 atom stereocenters. The maximum absolute atomic E-state index is 12.3. The first-order chi connectivity index (χ1) is 10.5. The number of nitrogens with one attached hydrogen (secondary N) is 1. The highest BCUT2D eigenvalue weighted by Crippen LogP contribution is 2.30. The molecular weight excluding hydrogens is 300 g/mol. The van der Waals surface area contributed by atoms with Crippen molar-refractivity contribution in [3.8, 4) is 0 Å². The first-order valence-corrected chi connectivity index (χ1v) is 7.66. The van der Waals surface area contributed by atoms with Crippen molar-refractivity contribution in [1.29, 1.82) is 0 Å². The molecule has 0 spiro atoms. The van der Waals surface area contributed by atoms with Gasteiger partial charge in [-0.15, -0.1) is 0 Å². The summed E-state index contributed by atoms with van der Waals surface area (Å²) in [7, 11) is 0. The molecule has 0 bridgehead atoms. The lowest BCUT2D eigenvalue weighted by Crippen LogP contribution is -2.41. The van der Waals surface area contributed by atoms with Crippen molar-refractivity contribution >= 4 is 12.0 Å². The molecule has 1 aromatic rings. The lowest BCUT2D eigenvalue weighted by atomic mass is 9.90. The standard InChI is InChI=1S/C15H24N4O4/c1-9(10-17-11(18-23-10)14(2,3)4)16-13(22)19-7-6-15(5,8-19)12(20)21/h9H,6-8H2,1-5H3,(H,16,22)(H,20,21). The maximum atomic E-state index is 12.3. The zero-order chi connectivity index (χ0) is 17.4. The molecule has 128 valence electrons. The Bertz CT molecular complexity index is 607. The third-order valence-corrected chi connectivity index (χ3v) is 4.10. The van der Waals surface area contributed by atoms with Gasteiger partial charge in [0.25, 0.3) is 0 Å². The summed E-state index contributed by atoms with van der Waals surface area (Å²) in [6.45, 7) is 9.94. The van der Waals surface area contributed by atoms with Crippen molar-refractivity contribution in [3.63, 3.8) is 0 Å². The molecule has 1 aromatic heterocycles. The number of carbonyl (C=O) groups is 2. The average Bonchev–Trinajstić information content (AvgIpc) is 3.05. The summed E-state index contributed by atoms with van der Waals surface area (Å²) >= 11 is 0. The second-order valence-electron chi connectivity index (χ2n) is 7.41. The fraction of sp³-hybridized carbons (Fsp3) is 0.733. The molecule has 0 saturated carbocycles. The summed E-state index contributed by atoms with van der Waals surface area (Å²) in [5.41, 5.74) is -1.12. The van der Waals surface area contributed by atoms with Crippen LogP contribution in [0.15, 0.2) is 4.52 Å². The quantitative estimate of drug-likeness (QED) is 0.879. The van der Waals surface area contributed by atoms with Crippen LogP contribution in [-0.2, 0) is 10.2 Å². The van der Waals surface area contributed by atoms with E-state index in [4.69, 9.17) is 4.52 Å². The second kappa shape index (κ2) is 5.82. The molecule has 0 aliphatic carbocycles. The van der Waals surface area contributed by atoms with Gasteiger partial charge in [-0.1, -0.05) is 25.9 Å². The SMILES string of the molecule is CC(NC(=O)N1CCC(C)(C(=O)O)C1)c1nc(C(C)(C)C)no1. The number of carbonyl (C=O) groups excluding carboxylic acids is 1. The van der Waals surface area contributed by atoms with E-state index in [-0.39, 0.29) is 18.0 Å². The predicted octanol–water partition coefficient (Wildman–Crippen LogP) is 1.93. The van der Waals surface area contributed by atoms with Crippen molar-refractivity contribution in [2.24, 2.45) is 5.41 Å². The lowest BCUT2D eigenvalue weighted by Gasteiger charge is -2.21. The fourth-order valence-corrected chi connectivity index (χ4v) is 2.36. The van der Waals surface area contributed by atoms with E-state index in [1.807, 2.05) is 20.8 Å². The van der Waals surface area contributed by atoms with E-state index in [1.54, 1.807) is 13.8 Å². The number of carboxylic acid groups (broad SMARTS) is 1. The number of carboxylic acids is 1. The third kappa shape index (κ3) is 3.62. The number of urea groups is 1. The van der Waals surface area contributed by atoms with Gasteiger partial charge >= 0.3 is 12.0 Å². The monoisotopic (exact) mass is 324 g/mol. The van der Waals surface area contributed by atoms with E-state index in [1.165, 1.54) is 4.90 Å². The van der Waals surface area contributed by atoms with Gasteiger partial charge in [-0.25, -0.2) is 4.79 Å². The number of hydrogen-bond donors (Lipinski definition) is 2. The minimum Gasteiger partial charge on any atom is -0.481 e. The Hall–Kier alpha value is -2.12. The number of aliphatic carboxylic acids is 1. The molecule has 2 amide bonds. The molecule has 0 aromatic carbocycles. The highest BCUT2D eigenvalue weighted by molar-refractivity contribution is 5.79. The van der Waals surface area contributed by atoms with Crippen LogP contribution >= 0.6 is 0 Å². The number of likely N-dealkylation sites (tertiary alicyclic amines) is 1. The van der Waals surface area contributed by atoms with Crippen LogP contribution in [0.5, 0.6) is 0 Å². The molecule has 1 saturated heterocycles. The number of hydrogen-bond acceptors (Lipinski definition) is 5. The molecule has 8 heteroatoms. The first-order valence-electron chi connectivity index (χ1n) is 7.66. The molecule has 8 nitrogen and oxygen atoms in total. The molecule has 2 rings (SSSR count). The second-order valence-corrected chi connectivity index (χ2v) is 7.41. The zero-order valence-corrected chi connectivity index (χ0v) is 14.2. The summed E-state index contributed by atoms with van der Waals surface area (Å²) in [6, 6.07) is -0.763. The van der Waals surface area contributed by atoms with Crippen LogP contribution in [0.1, 0.15) is 58.8 Å². The Kier molecular flexibility index (Phi) is 4.37. The number of rotatable bonds is 3. The van der Waals surface area contributed by atoms with E-state index >= 15 is 0 Å². The molecular formula is C15H24N4O4. The normalized spacial score (nSPS) is 22.9. The Morgan fingerprint density at radius 2 is 2.09 bits per heavy atom. The van der Waals surface area contributed by atoms with E-state index in [9.17, 15) is 14.7 Å². The van der Waals surface area contributed by atoms with E-state index in [0.717, 1.165) is 0 Å². The van der Waals surface area contributed by atoms with Crippen molar-refractivity contribution in [2.45, 2.75) is 52.5 Å². The average molecular weight is 324 g/mol. The predicted molar refractivity (Wildman–Crippen MR) is 81.9 cm³/mol. The van der Waals surface area contributed by atoms with Gasteiger partial charge in [-0.05, 0) is 20.3 Å². The lowest BCUT2D eigenvalue weighted by molar-refractivity contribution is -0.147. The van der Waals surface area contributed by atoms with Crippen molar-refractivity contribution in [3.05, 3.63) is 11.7 Å². The third-order valence-electron chi connectivity index (χ3n) is 4.10. The summed E-state index contributed by atoms with van der Waals surface area (Å²) in [5.74, 6) is 0.0317. The summed E-state index contributed by atoms with van der Waals surface area (Å²) < 4.78 is 5.21. The van der Waals surface area contributed by atoms with Crippen LogP contribution in [0.4, 0.5) is 4.79 Å². The Balaban J connectivity index is 1.98. The van der Waals surface area contributed by atoms with Crippen molar-refractivity contribution in [2.75, 3.05) is 13.1 Å². The van der Waals surface area contributed by atoms with E-state index in [0.29, 0.717) is 24.7 Å². The summed E-state index contributed by atoms with van der Waals surface area (Å²) in [4.78, 5) is 29.3. The first kappa shape index (κ1) is 17.2. The molecule has 2 heterocycles. The fourth-order valence-electron chi connectivity index (χ4n) is 2.36. The van der Waals surface area contributed by atoms with Crippen LogP contribution in [0.3, 0.4) is 0 Å². The van der Waals surface area contributed by atoms with Gasteiger partial charge < -0.3 is 19.8 Å².